The van der Waals surface area contributed by atoms with Gasteiger partial charge >= 0.3 is 32.2 Å². The molecule has 16 heavy (non-hydrogen) atoms. The van der Waals surface area contributed by atoms with Crippen molar-refractivity contribution in [1.29, 1.82) is 0 Å². The standard InChI is InChI=1S/C6H8O8S2/c1-15(9,10)13-5(7)3-4-6(8)14-16(2,11)12/h3-4H,1-2H3/b4-3+. The Hall–Kier alpha value is -1.42. The van der Waals surface area contributed by atoms with Crippen molar-refractivity contribution < 1.29 is 34.8 Å². The Morgan fingerprint density at radius 3 is 1.25 bits per heavy atom. The fourth-order valence-corrected chi connectivity index (χ4v) is 1.20. The van der Waals surface area contributed by atoms with E-state index in [1.54, 1.807) is 0 Å². The van der Waals surface area contributed by atoms with E-state index in [2.05, 4.69) is 8.37 Å². The van der Waals surface area contributed by atoms with Crippen LogP contribution >= 0.6 is 0 Å². The summed E-state index contributed by atoms with van der Waals surface area (Å²) in [7, 11) is -7.96. The first-order valence-electron chi connectivity index (χ1n) is 3.54. The Morgan fingerprint density at radius 2 is 1.06 bits per heavy atom. The average Bonchev–Trinajstić information content (AvgIpc) is 1.94. The first-order valence-corrected chi connectivity index (χ1v) is 7.18. The molecule has 0 spiro atoms. The molecule has 10 heteroatoms. The van der Waals surface area contributed by atoms with Crippen LogP contribution in [0.4, 0.5) is 0 Å². The molecule has 0 radical (unpaired) electrons. The van der Waals surface area contributed by atoms with Gasteiger partial charge in [-0.2, -0.15) is 16.8 Å². The largest absolute Gasteiger partial charge is 0.346 e. The number of rotatable bonds is 4. The van der Waals surface area contributed by atoms with Gasteiger partial charge in [-0.1, -0.05) is 0 Å². The predicted molar refractivity (Wildman–Crippen MR) is 51.0 cm³/mol. The summed E-state index contributed by atoms with van der Waals surface area (Å²) in [5.74, 6) is -2.68. The maximum Gasteiger partial charge on any atom is 0.346 e. The third-order valence-corrected chi connectivity index (χ3v) is 1.76. The average molecular weight is 272 g/mol. The molecule has 0 bridgehead atoms. The maximum atomic E-state index is 10.7. The lowest BCUT2D eigenvalue weighted by atomic mass is 10.5. The van der Waals surface area contributed by atoms with Gasteiger partial charge < -0.3 is 8.37 Å². The summed E-state index contributed by atoms with van der Waals surface area (Å²) >= 11 is 0. The van der Waals surface area contributed by atoms with Crippen molar-refractivity contribution in [3.63, 3.8) is 0 Å². The fourth-order valence-electron chi connectivity index (χ4n) is 0.490. The van der Waals surface area contributed by atoms with Crippen molar-refractivity contribution in [2.75, 3.05) is 12.5 Å². The molecule has 0 atom stereocenters. The molecule has 0 saturated heterocycles. The first kappa shape index (κ1) is 14.6. The van der Waals surface area contributed by atoms with Crippen molar-refractivity contribution in [1.82, 2.24) is 0 Å². The molecule has 0 aromatic heterocycles. The molecule has 0 aromatic rings. The number of hydrogen-bond donors (Lipinski definition) is 0. The summed E-state index contributed by atoms with van der Waals surface area (Å²) in [5.41, 5.74) is 0. The molecule has 0 fully saturated rings. The predicted octanol–water partition coefficient (Wildman–Crippen LogP) is -1.45. The highest BCUT2D eigenvalue weighted by molar-refractivity contribution is 7.86. The minimum Gasteiger partial charge on any atom is -0.342 e. The van der Waals surface area contributed by atoms with E-state index in [-0.39, 0.29) is 0 Å². The van der Waals surface area contributed by atoms with E-state index in [1.807, 2.05) is 0 Å². The van der Waals surface area contributed by atoms with Crippen LogP contribution < -0.4 is 0 Å². The van der Waals surface area contributed by atoms with Crippen LogP contribution in [0, 0.1) is 0 Å². The van der Waals surface area contributed by atoms with Crippen molar-refractivity contribution in [3.05, 3.63) is 12.2 Å². The highest BCUT2D eigenvalue weighted by atomic mass is 32.2. The van der Waals surface area contributed by atoms with Crippen LogP contribution in [0.2, 0.25) is 0 Å². The lowest BCUT2D eigenvalue weighted by Crippen LogP contribution is -2.11. The monoisotopic (exact) mass is 272 g/mol. The molecule has 0 aliphatic carbocycles. The van der Waals surface area contributed by atoms with E-state index in [1.165, 1.54) is 0 Å². The third kappa shape index (κ3) is 9.15. The summed E-state index contributed by atoms with van der Waals surface area (Å²) < 4.78 is 49.3. The lowest BCUT2D eigenvalue weighted by Gasteiger charge is -1.96. The highest BCUT2D eigenvalue weighted by Crippen LogP contribution is 1.93. The topological polar surface area (TPSA) is 121 Å². The SMILES string of the molecule is CS(=O)(=O)OC(=O)/C=C/C(=O)OS(C)(=O)=O. The van der Waals surface area contributed by atoms with E-state index in [0.29, 0.717) is 24.7 Å². The molecule has 0 aliphatic heterocycles. The van der Waals surface area contributed by atoms with Gasteiger partial charge in [0.2, 0.25) is 0 Å². The summed E-state index contributed by atoms with van der Waals surface area (Å²) in [5, 5.41) is 0. The van der Waals surface area contributed by atoms with Crippen molar-refractivity contribution >= 4 is 32.2 Å². The van der Waals surface area contributed by atoms with Crippen LogP contribution in [0.25, 0.3) is 0 Å². The lowest BCUT2D eigenvalue weighted by molar-refractivity contribution is -0.131. The van der Waals surface area contributed by atoms with Gasteiger partial charge in [-0.25, -0.2) is 9.59 Å². The smallest absolute Gasteiger partial charge is 0.342 e. The van der Waals surface area contributed by atoms with Gasteiger partial charge in [-0.05, 0) is 0 Å². The molecule has 0 amide bonds. The second kappa shape index (κ2) is 5.07. The van der Waals surface area contributed by atoms with Crippen LogP contribution in [0.1, 0.15) is 0 Å². The normalized spacial score (nSPS) is 12.4. The molecule has 92 valence electrons. The maximum absolute atomic E-state index is 10.7. The van der Waals surface area contributed by atoms with Gasteiger partial charge in [0.15, 0.2) is 0 Å². The van der Waals surface area contributed by atoms with Gasteiger partial charge in [0.25, 0.3) is 0 Å². The Balaban J connectivity index is 4.41. The number of carbonyl (C=O) groups is 2. The Labute approximate surface area is 92.1 Å². The summed E-state index contributed by atoms with van der Waals surface area (Å²) in [6.45, 7) is 0. The van der Waals surface area contributed by atoms with Gasteiger partial charge in [-0.15, -0.1) is 0 Å². The molecule has 8 nitrogen and oxygen atoms in total. The van der Waals surface area contributed by atoms with Crippen molar-refractivity contribution in [2.24, 2.45) is 0 Å². The van der Waals surface area contributed by atoms with Crippen LogP contribution in [0.3, 0.4) is 0 Å². The Kier molecular flexibility index (Phi) is 4.62. The van der Waals surface area contributed by atoms with Gasteiger partial charge in [-0.3, -0.25) is 0 Å². The van der Waals surface area contributed by atoms with E-state index < -0.39 is 32.2 Å². The molecule has 0 heterocycles. The Bertz CT molecular complexity index is 461. The number of hydrogen-bond acceptors (Lipinski definition) is 8. The third-order valence-electron chi connectivity index (χ3n) is 0.823. The summed E-state index contributed by atoms with van der Waals surface area (Å²) in [4.78, 5) is 21.4. The second-order valence-electron chi connectivity index (χ2n) is 2.55. The highest BCUT2D eigenvalue weighted by Gasteiger charge is 2.10. The molecule has 0 aromatic carbocycles. The van der Waals surface area contributed by atoms with Crippen LogP contribution in [-0.4, -0.2) is 41.3 Å². The van der Waals surface area contributed by atoms with Crippen LogP contribution in [0.15, 0.2) is 12.2 Å². The molecule has 0 aliphatic rings. The molecule has 0 unspecified atom stereocenters. The minimum atomic E-state index is -3.98. The molecule has 0 N–H and O–H groups in total. The quantitative estimate of drug-likeness (QED) is 0.450. The van der Waals surface area contributed by atoms with E-state index in [0.717, 1.165) is 0 Å². The molecule has 0 rings (SSSR count). The zero-order chi connectivity index (χ0) is 13.0. The molecule has 0 saturated carbocycles. The first-order chi connectivity index (χ1) is 6.99. The zero-order valence-corrected chi connectivity index (χ0v) is 9.87. The second-order valence-corrected chi connectivity index (χ2v) is 5.70. The number of carbonyl (C=O) groups excluding carboxylic acids is 2. The fraction of sp³-hybridized carbons (Fsp3) is 0.333. The van der Waals surface area contributed by atoms with E-state index in [9.17, 15) is 26.4 Å². The van der Waals surface area contributed by atoms with E-state index >= 15 is 0 Å². The molecular weight excluding hydrogens is 264 g/mol. The van der Waals surface area contributed by atoms with Gasteiger partial charge in [0.05, 0.1) is 12.5 Å². The van der Waals surface area contributed by atoms with Crippen molar-refractivity contribution in [3.8, 4) is 0 Å². The Morgan fingerprint density at radius 1 is 0.812 bits per heavy atom. The molecular formula is C6H8O8S2. The zero-order valence-electron chi connectivity index (χ0n) is 8.24. The summed E-state index contributed by atoms with van der Waals surface area (Å²) in [6, 6.07) is 0. The van der Waals surface area contributed by atoms with Gasteiger partial charge in [0, 0.05) is 12.2 Å². The van der Waals surface area contributed by atoms with Crippen LogP contribution in [-0.2, 0) is 38.2 Å². The summed E-state index contributed by atoms with van der Waals surface area (Å²) in [6.07, 6.45) is 2.12. The van der Waals surface area contributed by atoms with Crippen LogP contribution in [0.5, 0.6) is 0 Å². The van der Waals surface area contributed by atoms with E-state index in [4.69, 9.17) is 0 Å². The van der Waals surface area contributed by atoms with Gasteiger partial charge in [0.1, 0.15) is 0 Å². The minimum absolute atomic E-state index is 0.425. The van der Waals surface area contributed by atoms with Crippen molar-refractivity contribution in [2.45, 2.75) is 0 Å².